The van der Waals surface area contributed by atoms with Crippen LogP contribution >= 0.6 is 0 Å². The highest BCUT2D eigenvalue weighted by molar-refractivity contribution is 7.91. The molecule has 1 unspecified atom stereocenters. The molecule has 0 saturated heterocycles. The van der Waals surface area contributed by atoms with E-state index in [1.807, 2.05) is 0 Å². The van der Waals surface area contributed by atoms with Gasteiger partial charge in [-0.25, -0.2) is 13.2 Å². The fourth-order valence-corrected chi connectivity index (χ4v) is 2.41. The van der Waals surface area contributed by atoms with Gasteiger partial charge in [0, 0.05) is 17.6 Å². The third kappa shape index (κ3) is 3.43. The summed E-state index contributed by atoms with van der Waals surface area (Å²) in [5.74, 6) is -1.04. The van der Waals surface area contributed by atoms with E-state index in [1.54, 1.807) is 6.92 Å². The van der Waals surface area contributed by atoms with Crippen LogP contribution < -0.4 is 0 Å². The van der Waals surface area contributed by atoms with Gasteiger partial charge in [-0.3, -0.25) is 0 Å². The van der Waals surface area contributed by atoms with Crippen molar-refractivity contribution in [3.8, 4) is 0 Å². The normalized spacial score (nSPS) is 13.2. The van der Waals surface area contributed by atoms with Crippen molar-refractivity contribution in [1.82, 2.24) is 4.98 Å². The molecule has 0 fully saturated rings. The number of aromatic nitrogens is 1. The van der Waals surface area contributed by atoms with E-state index < -0.39 is 21.1 Å². The largest absolute Gasteiger partial charge is 0.478 e. The number of hydrogen-bond donors (Lipinski definition) is 2. The predicted molar refractivity (Wildman–Crippen MR) is 65.5 cm³/mol. The highest BCUT2D eigenvalue weighted by atomic mass is 32.2. The monoisotopic (exact) mass is 273 g/mol. The zero-order valence-electron chi connectivity index (χ0n) is 10.1. The molecule has 0 spiro atoms. The van der Waals surface area contributed by atoms with Crippen LogP contribution in [0.25, 0.3) is 0 Å². The summed E-state index contributed by atoms with van der Waals surface area (Å²) in [6, 6.07) is 1.46. The summed E-state index contributed by atoms with van der Waals surface area (Å²) in [6.45, 7) is 1.63. The number of rotatable bonds is 6. The molecule has 0 saturated carbocycles. The van der Waals surface area contributed by atoms with Gasteiger partial charge >= 0.3 is 5.97 Å². The molecule has 0 bridgehead atoms. The standard InChI is InChI=1S/C11H15NO5S/c1-7-10(11(14)15)5-8(12-7)3-4-9(6-13)18(2,16)17/h5-6,9,12H,3-4H2,1-2H3,(H,14,15). The van der Waals surface area contributed by atoms with Gasteiger partial charge in [0.25, 0.3) is 0 Å². The summed E-state index contributed by atoms with van der Waals surface area (Å²) in [6.07, 6.45) is 1.86. The summed E-state index contributed by atoms with van der Waals surface area (Å²) < 4.78 is 22.5. The van der Waals surface area contributed by atoms with E-state index in [1.165, 1.54) is 6.07 Å². The molecule has 1 rings (SSSR count). The number of sulfone groups is 1. The first-order chi connectivity index (χ1) is 8.25. The minimum atomic E-state index is -3.40. The summed E-state index contributed by atoms with van der Waals surface area (Å²) >= 11 is 0. The lowest BCUT2D eigenvalue weighted by molar-refractivity contribution is -0.107. The second-order valence-electron chi connectivity index (χ2n) is 4.18. The molecule has 1 atom stereocenters. The number of aromatic amines is 1. The molecule has 6 nitrogen and oxygen atoms in total. The number of aryl methyl sites for hydroxylation is 2. The van der Waals surface area contributed by atoms with Gasteiger partial charge in [-0.05, 0) is 25.8 Å². The average Bonchev–Trinajstić information content (AvgIpc) is 2.58. The maximum absolute atomic E-state index is 11.2. The van der Waals surface area contributed by atoms with Gasteiger partial charge in [-0.1, -0.05) is 0 Å². The molecule has 18 heavy (non-hydrogen) atoms. The lowest BCUT2D eigenvalue weighted by Crippen LogP contribution is -2.22. The number of carbonyl (C=O) groups is 2. The number of hydrogen-bond acceptors (Lipinski definition) is 4. The van der Waals surface area contributed by atoms with Crippen molar-refractivity contribution < 1.29 is 23.1 Å². The Morgan fingerprint density at radius 1 is 1.56 bits per heavy atom. The Balaban J connectivity index is 2.78. The van der Waals surface area contributed by atoms with E-state index in [0.29, 0.717) is 24.1 Å². The molecule has 0 amide bonds. The lowest BCUT2D eigenvalue weighted by Gasteiger charge is -2.06. The number of carbonyl (C=O) groups excluding carboxylic acids is 1. The van der Waals surface area contributed by atoms with Gasteiger partial charge < -0.3 is 14.9 Å². The first kappa shape index (κ1) is 14.4. The summed E-state index contributed by atoms with van der Waals surface area (Å²) in [7, 11) is -3.40. The van der Waals surface area contributed by atoms with Crippen LogP contribution in [0.15, 0.2) is 6.07 Å². The van der Waals surface area contributed by atoms with Gasteiger partial charge in [0.05, 0.1) is 5.56 Å². The Morgan fingerprint density at radius 3 is 2.56 bits per heavy atom. The van der Waals surface area contributed by atoms with Crippen LogP contribution in [-0.4, -0.2) is 42.3 Å². The fourth-order valence-electron chi connectivity index (χ4n) is 1.66. The van der Waals surface area contributed by atoms with Crippen molar-refractivity contribution >= 4 is 22.1 Å². The van der Waals surface area contributed by atoms with E-state index in [0.717, 1.165) is 6.26 Å². The highest BCUT2D eigenvalue weighted by Crippen LogP contribution is 2.13. The SMILES string of the molecule is Cc1[nH]c(CCC(C=O)S(C)(=O)=O)cc1C(=O)O. The van der Waals surface area contributed by atoms with Crippen LogP contribution in [0.1, 0.15) is 28.2 Å². The first-order valence-corrected chi connectivity index (χ1v) is 7.27. The topological polar surface area (TPSA) is 104 Å². The van der Waals surface area contributed by atoms with Crippen LogP contribution in [0.5, 0.6) is 0 Å². The Kier molecular flexibility index (Phi) is 4.28. The number of carboxylic acids is 1. The van der Waals surface area contributed by atoms with Crippen molar-refractivity contribution in [2.75, 3.05) is 6.26 Å². The quantitative estimate of drug-likeness (QED) is 0.737. The van der Waals surface area contributed by atoms with Gasteiger partial charge in [-0.2, -0.15) is 0 Å². The second kappa shape index (κ2) is 5.34. The number of carboxylic acid groups (broad SMARTS) is 1. The number of aldehydes is 1. The molecule has 7 heteroatoms. The lowest BCUT2D eigenvalue weighted by atomic mass is 10.2. The second-order valence-corrected chi connectivity index (χ2v) is 6.45. The molecule has 0 radical (unpaired) electrons. The van der Waals surface area contributed by atoms with Crippen molar-refractivity contribution in [2.45, 2.75) is 25.0 Å². The molecular formula is C11H15NO5S. The predicted octanol–water partition coefficient (Wildman–Crippen LogP) is 0.566. The van der Waals surface area contributed by atoms with Gasteiger partial charge in [0.15, 0.2) is 9.84 Å². The van der Waals surface area contributed by atoms with E-state index in [4.69, 9.17) is 5.11 Å². The smallest absolute Gasteiger partial charge is 0.337 e. The minimum Gasteiger partial charge on any atom is -0.478 e. The average molecular weight is 273 g/mol. The number of aromatic carboxylic acids is 1. The molecule has 100 valence electrons. The van der Waals surface area contributed by atoms with E-state index in [9.17, 15) is 18.0 Å². The van der Waals surface area contributed by atoms with Crippen LogP contribution in [-0.2, 0) is 21.1 Å². The minimum absolute atomic E-state index is 0.140. The van der Waals surface area contributed by atoms with Crippen LogP contribution in [0.3, 0.4) is 0 Å². The summed E-state index contributed by atoms with van der Waals surface area (Å²) in [5, 5.41) is 7.81. The Morgan fingerprint density at radius 2 is 2.17 bits per heavy atom. The van der Waals surface area contributed by atoms with Crippen molar-refractivity contribution in [3.05, 3.63) is 23.0 Å². The first-order valence-electron chi connectivity index (χ1n) is 5.31. The zero-order chi connectivity index (χ0) is 13.9. The third-order valence-corrected chi connectivity index (χ3v) is 4.15. The maximum Gasteiger partial charge on any atom is 0.337 e. The van der Waals surface area contributed by atoms with Crippen LogP contribution in [0, 0.1) is 6.92 Å². The van der Waals surface area contributed by atoms with E-state index in [-0.39, 0.29) is 12.0 Å². The molecule has 1 heterocycles. The molecule has 0 aliphatic carbocycles. The molecule has 2 N–H and O–H groups in total. The number of nitrogens with one attached hydrogen (secondary N) is 1. The molecule has 0 aromatic carbocycles. The van der Waals surface area contributed by atoms with Crippen molar-refractivity contribution in [2.24, 2.45) is 0 Å². The van der Waals surface area contributed by atoms with Crippen LogP contribution in [0.2, 0.25) is 0 Å². The summed E-state index contributed by atoms with van der Waals surface area (Å²) in [4.78, 5) is 24.4. The van der Waals surface area contributed by atoms with E-state index in [2.05, 4.69) is 4.98 Å². The van der Waals surface area contributed by atoms with Crippen LogP contribution in [0.4, 0.5) is 0 Å². The van der Waals surface area contributed by atoms with Crippen molar-refractivity contribution in [1.29, 1.82) is 0 Å². The molecule has 1 aromatic rings. The van der Waals surface area contributed by atoms with Crippen molar-refractivity contribution in [3.63, 3.8) is 0 Å². The number of H-pyrrole nitrogens is 1. The molecular weight excluding hydrogens is 258 g/mol. The third-order valence-electron chi connectivity index (χ3n) is 2.70. The van der Waals surface area contributed by atoms with Gasteiger partial charge in [0.2, 0.25) is 0 Å². The molecule has 1 aromatic heterocycles. The summed E-state index contributed by atoms with van der Waals surface area (Å²) in [5.41, 5.74) is 1.28. The highest BCUT2D eigenvalue weighted by Gasteiger charge is 2.20. The molecule has 0 aliphatic rings. The van der Waals surface area contributed by atoms with Gasteiger partial charge in [-0.15, -0.1) is 0 Å². The Labute approximate surface area is 105 Å². The zero-order valence-corrected chi connectivity index (χ0v) is 11.0. The van der Waals surface area contributed by atoms with Gasteiger partial charge in [0.1, 0.15) is 11.5 Å². The van der Waals surface area contributed by atoms with E-state index >= 15 is 0 Å². The molecule has 0 aliphatic heterocycles. The fraction of sp³-hybridized carbons (Fsp3) is 0.455. The Bertz CT molecular complexity index is 558. The Hall–Kier alpha value is -1.63. The maximum atomic E-state index is 11.2.